The van der Waals surface area contributed by atoms with E-state index in [-0.39, 0.29) is 5.78 Å². The number of anilines is 1. The van der Waals surface area contributed by atoms with Gasteiger partial charge in [0.05, 0.1) is 10.6 Å². The van der Waals surface area contributed by atoms with E-state index < -0.39 is 0 Å². The minimum absolute atomic E-state index is 0.153. The van der Waals surface area contributed by atoms with Crippen molar-refractivity contribution in [2.45, 2.75) is 46.0 Å². The van der Waals surface area contributed by atoms with E-state index in [4.69, 9.17) is 0 Å². The highest BCUT2D eigenvalue weighted by Crippen LogP contribution is 2.28. The SMILES string of the molecule is CCc1nc(N2CCCCCC2)sc1C(C)=O. The normalized spacial score (nSPS) is 16.9. The van der Waals surface area contributed by atoms with Crippen LogP contribution in [0.25, 0.3) is 0 Å². The number of rotatable bonds is 3. The molecule has 3 nitrogen and oxygen atoms in total. The second-order valence-corrected chi connectivity index (χ2v) is 5.56. The molecule has 1 aliphatic rings. The predicted molar refractivity (Wildman–Crippen MR) is 72.2 cm³/mol. The van der Waals surface area contributed by atoms with Crippen molar-refractivity contribution < 1.29 is 4.79 Å². The Morgan fingerprint density at radius 2 is 1.94 bits per heavy atom. The summed E-state index contributed by atoms with van der Waals surface area (Å²) in [5.74, 6) is 0.153. The average molecular weight is 252 g/mol. The van der Waals surface area contributed by atoms with Crippen molar-refractivity contribution in [1.82, 2.24) is 4.98 Å². The van der Waals surface area contributed by atoms with Crippen LogP contribution >= 0.6 is 11.3 Å². The van der Waals surface area contributed by atoms with Gasteiger partial charge in [0.2, 0.25) is 0 Å². The topological polar surface area (TPSA) is 33.2 Å². The Morgan fingerprint density at radius 1 is 1.29 bits per heavy atom. The molecule has 1 saturated heterocycles. The molecule has 1 fully saturated rings. The number of Topliss-reactive ketones (excluding diaryl/α,β-unsaturated/α-hetero) is 1. The molecule has 0 N–H and O–H groups in total. The predicted octanol–water partition coefficient (Wildman–Crippen LogP) is 3.29. The zero-order valence-corrected chi connectivity index (χ0v) is 11.5. The zero-order chi connectivity index (χ0) is 12.3. The highest BCUT2D eigenvalue weighted by atomic mass is 32.1. The number of hydrogen-bond acceptors (Lipinski definition) is 4. The van der Waals surface area contributed by atoms with Crippen LogP contribution in [0.3, 0.4) is 0 Å². The molecule has 0 radical (unpaired) electrons. The van der Waals surface area contributed by atoms with E-state index >= 15 is 0 Å². The van der Waals surface area contributed by atoms with Crippen molar-refractivity contribution in [3.8, 4) is 0 Å². The van der Waals surface area contributed by atoms with Crippen LogP contribution < -0.4 is 4.90 Å². The maximum Gasteiger partial charge on any atom is 0.186 e. The minimum Gasteiger partial charge on any atom is -0.348 e. The number of ketones is 1. The van der Waals surface area contributed by atoms with Crippen LogP contribution in [0.5, 0.6) is 0 Å². The third-order valence-corrected chi connectivity index (χ3v) is 4.48. The van der Waals surface area contributed by atoms with Gasteiger partial charge in [-0.3, -0.25) is 4.79 Å². The van der Waals surface area contributed by atoms with Gasteiger partial charge in [-0.1, -0.05) is 31.1 Å². The standard InChI is InChI=1S/C13H20N2OS/c1-3-11-12(10(2)16)17-13(14-11)15-8-6-4-5-7-9-15/h3-9H2,1-2H3. The Bertz CT molecular complexity index is 392. The van der Waals surface area contributed by atoms with Gasteiger partial charge >= 0.3 is 0 Å². The molecule has 0 amide bonds. The highest BCUT2D eigenvalue weighted by molar-refractivity contribution is 7.17. The molecule has 0 spiro atoms. The number of thiazole rings is 1. The first kappa shape index (κ1) is 12.6. The summed E-state index contributed by atoms with van der Waals surface area (Å²) < 4.78 is 0. The molecule has 0 saturated carbocycles. The first-order chi connectivity index (χ1) is 8.22. The number of nitrogens with zero attached hydrogens (tertiary/aromatic N) is 2. The van der Waals surface area contributed by atoms with E-state index in [9.17, 15) is 4.79 Å². The van der Waals surface area contributed by atoms with E-state index in [1.165, 1.54) is 25.7 Å². The van der Waals surface area contributed by atoms with Crippen molar-refractivity contribution >= 4 is 22.3 Å². The summed E-state index contributed by atoms with van der Waals surface area (Å²) in [5.41, 5.74) is 0.974. The molecule has 0 aromatic carbocycles. The lowest BCUT2D eigenvalue weighted by Crippen LogP contribution is -2.23. The van der Waals surface area contributed by atoms with Gasteiger partial charge in [0, 0.05) is 20.0 Å². The highest BCUT2D eigenvalue weighted by Gasteiger charge is 2.18. The van der Waals surface area contributed by atoms with Crippen LogP contribution in [-0.2, 0) is 6.42 Å². The van der Waals surface area contributed by atoms with Crippen LogP contribution in [-0.4, -0.2) is 23.9 Å². The van der Waals surface area contributed by atoms with Crippen LogP contribution in [0.15, 0.2) is 0 Å². The molecule has 0 aliphatic carbocycles. The summed E-state index contributed by atoms with van der Waals surface area (Å²) in [6.45, 7) is 5.88. The van der Waals surface area contributed by atoms with Gasteiger partial charge < -0.3 is 4.90 Å². The Hall–Kier alpha value is -0.900. The third kappa shape index (κ3) is 2.86. The number of hydrogen-bond donors (Lipinski definition) is 0. The molecule has 2 rings (SSSR count). The van der Waals surface area contributed by atoms with E-state index in [0.29, 0.717) is 0 Å². The molecule has 2 heterocycles. The molecule has 1 aromatic rings. The van der Waals surface area contributed by atoms with Crippen molar-refractivity contribution in [1.29, 1.82) is 0 Å². The Morgan fingerprint density at radius 3 is 2.41 bits per heavy atom. The average Bonchev–Trinajstić information content (AvgIpc) is 2.57. The van der Waals surface area contributed by atoms with Crippen LogP contribution in [0, 0.1) is 0 Å². The fraction of sp³-hybridized carbons (Fsp3) is 0.692. The molecule has 0 atom stereocenters. The quantitative estimate of drug-likeness (QED) is 0.774. The second-order valence-electron chi connectivity index (χ2n) is 4.58. The zero-order valence-electron chi connectivity index (χ0n) is 10.7. The van der Waals surface area contributed by atoms with Gasteiger partial charge in [0.15, 0.2) is 10.9 Å². The number of carbonyl (C=O) groups excluding carboxylic acids is 1. The van der Waals surface area contributed by atoms with Gasteiger partial charge in [0.25, 0.3) is 0 Å². The number of carbonyl (C=O) groups is 1. The monoisotopic (exact) mass is 252 g/mol. The largest absolute Gasteiger partial charge is 0.348 e. The Balaban J connectivity index is 2.22. The van der Waals surface area contributed by atoms with Crippen LogP contribution in [0.4, 0.5) is 5.13 Å². The van der Waals surface area contributed by atoms with Crippen molar-refractivity contribution in [2.75, 3.05) is 18.0 Å². The Labute approximate surface area is 107 Å². The van der Waals surface area contributed by atoms with Crippen LogP contribution in [0.2, 0.25) is 0 Å². The van der Waals surface area contributed by atoms with Crippen molar-refractivity contribution in [3.05, 3.63) is 10.6 Å². The second kappa shape index (κ2) is 5.63. The molecular formula is C13H20N2OS. The first-order valence-corrected chi connectivity index (χ1v) is 7.29. The van der Waals surface area contributed by atoms with Gasteiger partial charge in [-0.25, -0.2) is 4.98 Å². The summed E-state index contributed by atoms with van der Waals surface area (Å²) >= 11 is 1.57. The van der Waals surface area contributed by atoms with Gasteiger partial charge in [0.1, 0.15) is 0 Å². The molecular weight excluding hydrogens is 232 g/mol. The number of aryl methyl sites for hydroxylation is 1. The van der Waals surface area contributed by atoms with Crippen LogP contribution in [0.1, 0.15) is 54.9 Å². The van der Waals surface area contributed by atoms with Crippen molar-refractivity contribution in [2.24, 2.45) is 0 Å². The van der Waals surface area contributed by atoms with E-state index in [1.807, 2.05) is 0 Å². The summed E-state index contributed by atoms with van der Waals surface area (Å²) in [6, 6.07) is 0. The fourth-order valence-corrected chi connectivity index (χ4v) is 3.35. The molecule has 94 valence electrons. The molecule has 4 heteroatoms. The Kier molecular flexibility index (Phi) is 4.15. The van der Waals surface area contributed by atoms with E-state index in [0.717, 1.165) is 35.2 Å². The van der Waals surface area contributed by atoms with Gasteiger partial charge in [-0.05, 0) is 19.3 Å². The summed E-state index contributed by atoms with van der Waals surface area (Å²) in [7, 11) is 0. The van der Waals surface area contributed by atoms with Gasteiger partial charge in [-0.15, -0.1) is 0 Å². The molecule has 1 aliphatic heterocycles. The molecule has 0 unspecified atom stereocenters. The van der Waals surface area contributed by atoms with E-state index in [2.05, 4.69) is 16.8 Å². The smallest absolute Gasteiger partial charge is 0.186 e. The summed E-state index contributed by atoms with van der Waals surface area (Å²) in [5, 5.41) is 1.05. The third-order valence-electron chi connectivity index (χ3n) is 3.22. The lowest BCUT2D eigenvalue weighted by atomic mass is 10.2. The molecule has 0 bridgehead atoms. The van der Waals surface area contributed by atoms with E-state index in [1.54, 1.807) is 18.3 Å². The number of aromatic nitrogens is 1. The molecule has 1 aromatic heterocycles. The van der Waals surface area contributed by atoms with Gasteiger partial charge in [-0.2, -0.15) is 0 Å². The lowest BCUT2D eigenvalue weighted by Gasteiger charge is -2.18. The summed E-state index contributed by atoms with van der Waals surface area (Å²) in [6.07, 6.45) is 5.98. The molecule has 17 heavy (non-hydrogen) atoms. The maximum absolute atomic E-state index is 11.5. The minimum atomic E-state index is 0.153. The fourth-order valence-electron chi connectivity index (χ4n) is 2.25. The van der Waals surface area contributed by atoms with Crippen molar-refractivity contribution in [3.63, 3.8) is 0 Å². The lowest BCUT2D eigenvalue weighted by molar-refractivity contribution is 0.102. The maximum atomic E-state index is 11.5. The first-order valence-electron chi connectivity index (χ1n) is 6.48. The summed E-state index contributed by atoms with van der Waals surface area (Å²) in [4.78, 5) is 19.4.